The molecule has 0 saturated heterocycles. The highest BCUT2D eigenvalue weighted by molar-refractivity contribution is 5.23. The van der Waals surface area contributed by atoms with Gasteiger partial charge < -0.3 is 5.32 Å². The largest absolute Gasteiger partial charge is 0.311 e. The summed E-state index contributed by atoms with van der Waals surface area (Å²) < 4.78 is 0. The molecule has 17 heavy (non-hydrogen) atoms. The van der Waals surface area contributed by atoms with Crippen molar-refractivity contribution in [1.29, 1.82) is 0 Å². The second-order valence-electron chi connectivity index (χ2n) is 7.17. The number of hydrogen-bond acceptors (Lipinski definition) is 1. The molecule has 2 atom stereocenters. The zero-order chi connectivity index (χ0) is 12.5. The van der Waals surface area contributed by atoms with Gasteiger partial charge in [0.15, 0.2) is 0 Å². The summed E-state index contributed by atoms with van der Waals surface area (Å²) in [6.45, 7) is 10.5. The van der Waals surface area contributed by atoms with Crippen LogP contribution < -0.4 is 5.32 Å². The summed E-state index contributed by atoms with van der Waals surface area (Å²) in [5, 5.41) is 3.75. The lowest BCUT2D eigenvalue weighted by Gasteiger charge is -2.52. The van der Waals surface area contributed by atoms with Crippen LogP contribution >= 0.6 is 0 Å². The minimum atomic E-state index is 0.248. The highest BCUT2D eigenvalue weighted by Gasteiger charge is 2.46. The normalized spacial score (nSPS) is 34.1. The molecule has 1 heteroatoms. The van der Waals surface area contributed by atoms with Crippen molar-refractivity contribution in [2.24, 2.45) is 11.3 Å². The van der Waals surface area contributed by atoms with Crippen LogP contribution in [0.4, 0.5) is 0 Å². The minimum Gasteiger partial charge on any atom is -0.311 e. The SMILES string of the molecule is CC1CCC1(CNC(C)(C)C)C1=CCCCC1. The molecule has 0 amide bonds. The van der Waals surface area contributed by atoms with Crippen LogP contribution in [-0.4, -0.2) is 12.1 Å². The Morgan fingerprint density at radius 2 is 2.12 bits per heavy atom. The van der Waals surface area contributed by atoms with Crippen LogP contribution in [0.25, 0.3) is 0 Å². The molecule has 2 rings (SSSR count). The number of hydrogen-bond donors (Lipinski definition) is 1. The molecule has 2 unspecified atom stereocenters. The molecule has 0 heterocycles. The van der Waals surface area contributed by atoms with E-state index in [9.17, 15) is 0 Å². The third kappa shape index (κ3) is 2.76. The van der Waals surface area contributed by atoms with Gasteiger partial charge in [-0.3, -0.25) is 0 Å². The van der Waals surface area contributed by atoms with E-state index in [1.807, 2.05) is 0 Å². The van der Waals surface area contributed by atoms with Crippen LogP contribution in [-0.2, 0) is 0 Å². The lowest BCUT2D eigenvalue weighted by Crippen LogP contribution is -2.52. The van der Waals surface area contributed by atoms with Gasteiger partial charge in [0, 0.05) is 17.5 Å². The molecule has 0 aromatic carbocycles. The molecule has 98 valence electrons. The predicted octanol–water partition coefficient (Wildman–Crippen LogP) is 4.29. The zero-order valence-electron chi connectivity index (χ0n) is 12.1. The number of rotatable bonds is 3. The van der Waals surface area contributed by atoms with E-state index in [0.717, 1.165) is 5.92 Å². The first-order valence-electron chi connectivity index (χ1n) is 7.39. The Morgan fingerprint density at radius 3 is 2.53 bits per heavy atom. The van der Waals surface area contributed by atoms with Crippen molar-refractivity contribution in [2.45, 2.75) is 71.8 Å². The topological polar surface area (TPSA) is 12.0 Å². The lowest BCUT2D eigenvalue weighted by atomic mass is 9.55. The van der Waals surface area contributed by atoms with Crippen LogP contribution in [0.3, 0.4) is 0 Å². The highest BCUT2D eigenvalue weighted by Crippen LogP contribution is 2.53. The van der Waals surface area contributed by atoms with E-state index in [0.29, 0.717) is 5.41 Å². The van der Waals surface area contributed by atoms with Gasteiger partial charge in [-0.1, -0.05) is 18.6 Å². The summed E-state index contributed by atoms with van der Waals surface area (Å²) in [5.41, 5.74) is 2.53. The van der Waals surface area contributed by atoms with E-state index >= 15 is 0 Å². The van der Waals surface area contributed by atoms with Gasteiger partial charge in [-0.05, 0) is 65.2 Å². The molecule has 1 nitrogen and oxygen atoms in total. The summed E-state index contributed by atoms with van der Waals surface area (Å²) in [5.74, 6) is 0.877. The minimum absolute atomic E-state index is 0.248. The van der Waals surface area contributed by atoms with Crippen molar-refractivity contribution >= 4 is 0 Å². The average molecular weight is 235 g/mol. The quantitative estimate of drug-likeness (QED) is 0.720. The molecular formula is C16H29N. The molecule has 0 aromatic heterocycles. The summed E-state index contributed by atoms with van der Waals surface area (Å²) >= 11 is 0. The first-order chi connectivity index (χ1) is 7.94. The van der Waals surface area contributed by atoms with Gasteiger partial charge in [0.25, 0.3) is 0 Å². The first-order valence-corrected chi connectivity index (χ1v) is 7.39. The molecule has 2 aliphatic rings. The maximum Gasteiger partial charge on any atom is 0.00968 e. The summed E-state index contributed by atoms with van der Waals surface area (Å²) in [6, 6.07) is 0. The van der Waals surface area contributed by atoms with E-state index in [-0.39, 0.29) is 5.54 Å². The standard InChI is InChI=1S/C16H29N/c1-13-10-11-16(13,12-17-15(2,3)4)14-8-6-5-7-9-14/h8,13,17H,5-7,9-12H2,1-4H3. The molecule has 2 aliphatic carbocycles. The van der Waals surface area contributed by atoms with Gasteiger partial charge in [0.1, 0.15) is 0 Å². The van der Waals surface area contributed by atoms with Crippen LogP contribution in [0.15, 0.2) is 11.6 Å². The summed E-state index contributed by atoms with van der Waals surface area (Å²) in [7, 11) is 0. The van der Waals surface area contributed by atoms with Crippen LogP contribution in [0.2, 0.25) is 0 Å². The molecule has 0 radical (unpaired) electrons. The Morgan fingerprint density at radius 1 is 1.35 bits per heavy atom. The van der Waals surface area contributed by atoms with Crippen molar-refractivity contribution in [3.05, 3.63) is 11.6 Å². The van der Waals surface area contributed by atoms with E-state index in [4.69, 9.17) is 0 Å². The van der Waals surface area contributed by atoms with Crippen molar-refractivity contribution < 1.29 is 0 Å². The van der Waals surface area contributed by atoms with E-state index in [1.54, 1.807) is 5.57 Å². The fraction of sp³-hybridized carbons (Fsp3) is 0.875. The maximum absolute atomic E-state index is 3.75. The van der Waals surface area contributed by atoms with Gasteiger partial charge >= 0.3 is 0 Å². The molecule has 0 bridgehead atoms. The fourth-order valence-electron chi connectivity index (χ4n) is 3.35. The van der Waals surface area contributed by atoms with E-state index in [2.05, 4.69) is 39.1 Å². The third-order valence-corrected chi connectivity index (χ3v) is 4.83. The smallest absolute Gasteiger partial charge is 0.00968 e. The molecular weight excluding hydrogens is 206 g/mol. The van der Waals surface area contributed by atoms with Crippen molar-refractivity contribution in [3.63, 3.8) is 0 Å². The average Bonchev–Trinajstić information content (AvgIpc) is 2.28. The Balaban J connectivity index is 2.07. The van der Waals surface area contributed by atoms with Gasteiger partial charge in [0.2, 0.25) is 0 Å². The first kappa shape index (κ1) is 13.1. The van der Waals surface area contributed by atoms with E-state index in [1.165, 1.54) is 45.1 Å². The maximum atomic E-state index is 3.75. The zero-order valence-corrected chi connectivity index (χ0v) is 12.1. The molecule has 1 fully saturated rings. The van der Waals surface area contributed by atoms with Gasteiger partial charge in [-0.25, -0.2) is 0 Å². The second-order valence-corrected chi connectivity index (χ2v) is 7.17. The Bertz CT molecular complexity index is 297. The predicted molar refractivity (Wildman–Crippen MR) is 75.1 cm³/mol. The Kier molecular flexibility index (Phi) is 3.68. The molecule has 0 aliphatic heterocycles. The van der Waals surface area contributed by atoms with Crippen molar-refractivity contribution in [1.82, 2.24) is 5.32 Å². The Labute approximate surface area is 107 Å². The molecule has 0 spiro atoms. The van der Waals surface area contributed by atoms with Gasteiger partial charge in [-0.2, -0.15) is 0 Å². The monoisotopic (exact) mass is 235 g/mol. The van der Waals surface area contributed by atoms with Crippen LogP contribution in [0.5, 0.6) is 0 Å². The van der Waals surface area contributed by atoms with Crippen molar-refractivity contribution in [3.8, 4) is 0 Å². The van der Waals surface area contributed by atoms with Gasteiger partial charge in [-0.15, -0.1) is 0 Å². The molecule has 1 N–H and O–H groups in total. The summed E-state index contributed by atoms with van der Waals surface area (Å²) in [4.78, 5) is 0. The lowest BCUT2D eigenvalue weighted by molar-refractivity contribution is 0.0715. The third-order valence-electron chi connectivity index (χ3n) is 4.83. The molecule has 0 aromatic rings. The van der Waals surface area contributed by atoms with Crippen LogP contribution in [0.1, 0.15) is 66.2 Å². The van der Waals surface area contributed by atoms with E-state index < -0.39 is 0 Å². The fourth-order valence-corrected chi connectivity index (χ4v) is 3.35. The van der Waals surface area contributed by atoms with Crippen LogP contribution in [0, 0.1) is 11.3 Å². The van der Waals surface area contributed by atoms with Crippen molar-refractivity contribution in [2.75, 3.05) is 6.54 Å². The number of allylic oxidation sites excluding steroid dienone is 1. The Hall–Kier alpha value is -0.300. The summed E-state index contributed by atoms with van der Waals surface area (Å²) in [6.07, 6.45) is 10.9. The second kappa shape index (κ2) is 4.76. The highest BCUT2D eigenvalue weighted by atomic mass is 15.0. The van der Waals surface area contributed by atoms with Gasteiger partial charge in [0.05, 0.1) is 0 Å². The number of nitrogens with one attached hydrogen (secondary N) is 1. The molecule has 1 saturated carbocycles.